The molecule has 3 aromatic rings. The van der Waals surface area contributed by atoms with E-state index >= 15 is 0 Å². The fourth-order valence-electron chi connectivity index (χ4n) is 2.16. The summed E-state index contributed by atoms with van der Waals surface area (Å²) in [6.45, 7) is 0. The fraction of sp³-hybridized carbons (Fsp3) is 0. The predicted molar refractivity (Wildman–Crippen MR) is 109 cm³/mol. The Hall–Kier alpha value is -3.03. The molecule has 0 atom stereocenters. The van der Waals surface area contributed by atoms with Gasteiger partial charge in [0.15, 0.2) is 10.9 Å². The van der Waals surface area contributed by atoms with Crippen LogP contribution >= 0.6 is 23.8 Å². The number of nitrogens with two attached hydrogens (primary N) is 1. The highest BCUT2D eigenvalue weighted by Crippen LogP contribution is 2.23. The number of amides is 1. The van der Waals surface area contributed by atoms with Gasteiger partial charge in [0.2, 0.25) is 0 Å². The maximum absolute atomic E-state index is 11.9. The van der Waals surface area contributed by atoms with E-state index in [0.29, 0.717) is 27.2 Å². The lowest BCUT2D eigenvalue weighted by Crippen LogP contribution is -2.19. The number of furan rings is 1. The Balaban J connectivity index is 1.59. The van der Waals surface area contributed by atoms with Gasteiger partial charge in [-0.25, -0.2) is 0 Å². The third kappa shape index (κ3) is 4.53. The first-order valence-corrected chi connectivity index (χ1v) is 8.38. The monoisotopic (exact) mass is 386 g/mol. The summed E-state index contributed by atoms with van der Waals surface area (Å²) in [6.07, 6.45) is 1.45. The first-order valence-electron chi connectivity index (χ1n) is 7.59. The molecule has 132 valence electrons. The standard InChI is InChI=1S/C18H15ClN4O2S/c19-11-3-8-14(20)15(10-11)23-18(26)22-13-6-4-12(5-7-13)21-17(24)16-2-1-9-25-16/h1-10H,20H2,(H,21,24)(H2,22,23,26). The second-order valence-corrected chi connectivity index (χ2v) is 6.16. The molecule has 0 radical (unpaired) electrons. The van der Waals surface area contributed by atoms with E-state index in [-0.39, 0.29) is 11.7 Å². The van der Waals surface area contributed by atoms with Gasteiger partial charge in [-0.2, -0.15) is 0 Å². The van der Waals surface area contributed by atoms with Crippen LogP contribution in [0.3, 0.4) is 0 Å². The molecule has 1 amide bonds. The van der Waals surface area contributed by atoms with Crippen LogP contribution in [0.15, 0.2) is 65.3 Å². The fourth-order valence-corrected chi connectivity index (χ4v) is 2.56. The number of anilines is 4. The van der Waals surface area contributed by atoms with Gasteiger partial charge < -0.3 is 26.1 Å². The molecule has 0 spiro atoms. The van der Waals surface area contributed by atoms with Gasteiger partial charge in [0.1, 0.15) is 0 Å². The second kappa shape index (κ2) is 7.90. The lowest BCUT2D eigenvalue weighted by molar-refractivity contribution is 0.0996. The van der Waals surface area contributed by atoms with E-state index < -0.39 is 0 Å². The van der Waals surface area contributed by atoms with Crippen LogP contribution in [0, 0.1) is 0 Å². The molecule has 0 fully saturated rings. The molecule has 1 aromatic heterocycles. The Kier molecular flexibility index (Phi) is 5.40. The quantitative estimate of drug-likeness (QED) is 0.387. The van der Waals surface area contributed by atoms with Gasteiger partial charge in [0, 0.05) is 16.4 Å². The number of rotatable bonds is 4. The third-order valence-corrected chi connectivity index (χ3v) is 3.85. The molecule has 26 heavy (non-hydrogen) atoms. The zero-order valence-electron chi connectivity index (χ0n) is 13.5. The number of carbonyl (C=O) groups excluding carboxylic acids is 1. The summed E-state index contributed by atoms with van der Waals surface area (Å²) in [6, 6.07) is 15.4. The number of benzene rings is 2. The Morgan fingerprint density at radius 3 is 2.35 bits per heavy atom. The highest BCUT2D eigenvalue weighted by molar-refractivity contribution is 7.80. The minimum absolute atomic E-state index is 0.247. The number of hydrogen-bond acceptors (Lipinski definition) is 4. The van der Waals surface area contributed by atoms with E-state index in [0.717, 1.165) is 5.69 Å². The number of halogens is 1. The highest BCUT2D eigenvalue weighted by Gasteiger charge is 2.08. The summed E-state index contributed by atoms with van der Waals surface area (Å²) < 4.78 is 5.05. The molecule has 0 aliphatic carbocycles. The summed E-state index contributed by atoms with van der Waals surface area (Å²) in [5.74, 6) is -0.0685. The molecular formula is C18H15ClN4O2S. The van der Waals surface area contributed by atoms with Crippen LogP contribution in [0.5, 0.6) is 0 Å². The van der Waals surface area contributed by atoms with E-state index in [1.807, 2.05) is 0 Å². The van der Waals surface area contributed by atoms with Crippen molar-refractivity contribution in [3.8, 4) is 0 Å². The number of carbonyl (C=O) groups is 1. The van der Waals surface area contributed by atoms with Gasteiger partial charge in [-0.3, -0.25) is 4.79 Å². The van der Waals surface area contributed by atoms with E-state index in [1.165, 1.54) is 6.26 Å². The summed E-state index contributed by atoms with van der Waals surface area (Å²) in [7, 11) is 0. The Morgan fingerprint density at radius 2 is 1.69 bits per heavy atom. The Bertz CT molecular complexity index is 927. The zero-order valence-corrected chi connectivity index (χ0v) is 15.0. The van der Waals surface area contributed by atoms with Crippen molar-refractivity contribution >= 4 is 57.6 Å². The average molecular weight is 387 g/mol. The van der Waals surface area contributed by atoms with Crippen molar-refractivity contribution in [2.75, 3.05) is 21.7 Å². The third-order valence-electron chi connectivity index (χ3n) is 3.41. The van der Waals surface area contributed by atoms with Crippen molar-refractivity contribution in [2.45, 2.75) is 0 Å². The number of thiocarbonyl (C=S) groups is 1. The van der Waals surface area contributed by atoms with Crippen molar-refractivity contribution in [3.63, 3.8) is 0 Å². The van der Waals surface area contributed by atoms with Crippen molar-refractivity contribution in [1.82, 2.24) is 0 Å². The molecule has 8 heteroatoms. The maximum Gasteiger partial charge on any atom is 0.291 e. The highest BCUT2D eigenvalue weighted by atomic mass is 35.5. The van der Waals surface area contributed by atoms with Crippen molar-refractivity contribution < 1.29 is 9.21 Å². The van der Waals surface area contributed by atoms with Crippen LogP contribution in [0.4, 0.5) is 22.7 Å². The first-order chi connectivity index (χ1) is 12.5. The molecule has 3 rings (SSSR count). The Labute approximate surface area is 160 Å². The normalized spacial score (nSPS) is 10.2. The minimum atomic E-state index is -0.315. The predicted octanol–water partition coefficient (Wildman–Crippen LogP) is 4.58. The van der Waals surface area contributed by atoms with Crippen molar-refractivity contribution in [2.24, 2.45) is 0 Å². The molecule has 6 nitrogen and oxygen atoms in total. The van der Waals surface area contributed by atoms with E-state index in [1.54, 1.807) is 54.6 Å². The smallest absolute Gasteiger partial charge is 0.291 e. The SMILES string of the molecule is Nc1ccc(Cl)cc1NC(=S)Nc1ccc(NC(=O)c2ccco2)cc1. The summed E-state index contributed by atoms with van der Waals surface area (Å²) in [5, 5.41) is 9.69. The van der Waals surface area contributed by atoms with Gasteiger partial charge in [0.05, 0.1) is 17.6 Å². The van der Waals surface area contributed by atoms with Gasteiger partial charge in [-0.15, -0.1) is 0 Å². The van der Waals surface area contributed by atoms with Crippen molar-refractivity contribution in [3.05, 3.63) is 71.6 Å². The largest absolute Gasteiger partial charge is 0.459 e. The number of hydrogen-bond donors (Lipinski definition) is 4. The molecule has 1 heterocycles. The summed E-state index contributed by atoms with van der Waals surface area (Å²) in [5.41, 5.74) is 8.42. The van der Waals surface area contributed by atoms with E-state index in [9.17, 15) is 4.79 Å². The van der Waals surface area contributed by atoms with Crippen LogP contribution < -0.4 is 21.7 Å². The minimum Gasteiger partial charge on any atom is -0.459 e. The molecule has 0 aliphatic heterocycles. The van der Waals surface area contributed by atoms with Crippen LogP contribution in [0.25, 0.3) is 0 Å². The molecule has 0 saturated carbocycles. The summed E-state index contributed by atoms with van der Waals surface area (Å²) in [4.78, 5) is 11.9. The van der Waals surface area contributed by atoms with Crippen LogP contribution in [-0.4, -0.2) is 11.0 Å². The lowest BCUT2D eigenvalue weighted by Gasteiger charge is -2.13. The molecule has 0 unspecified atom stereocenters. The number of nitrogens with one attached hydrogen (secondary N) is 3. The van der Waals surface area contributed by atoms with E-state index in [4.69, 9.17) is 34.0 Å². The summed E-state index contributed by atoms with van der Waals surface area (Å²) >= 11 is 11.2. The van der Waals surface area contributed by atoms with Gasteiger partial charge in [-0.05, 0) is 66.8 Å². The maximum atomic E-state index is 11.9. The van der Waals surface area contributed by atoms with Gasteiger partial charge in [-0.1, -0.05) is 11.6 Å². The van der Waals surface area contributed by atoms with E-state index in [2.05, 4.69) is 16.0 Å². The second-order valence-electron chi connectivity index (χ2n) is 5.32. The molecule has 2 aromatic carbocycles. The zero-order chi connectivity index (χ0) is 18.5. The van der Waals surface area contributed by atoms with Crippen LogP contribution in [0.2, 0.25) is 5.02 Å². The Morgan fingerprint density at radius 1 is 1.00 bits per heavy atom. The van der Waals surface area contributed by atoms with Crippen LogP contribution in [-0.2, 0) is 0 Å². The average Bonchev–Trinajstić information content (AvgIpc) is 3.14. The lowest BCUT2D eigenvalue weighted by atomic mass is 10.2. The molecule has 0 aliphatic rings. The molecule has 0 saturated heterocycles. The van der Waals surface area contributed by atoms with Gasteiger partial charge in [0.25, 0.3) is 5.91 Å². The molecule has 5 N–H and O–H groups in total. The number of nitrogen functional groups attached to an aromatic ring is 1. The van der Waals surface area contributed by atoms with Crippen LogP contribution in [0.1, 0.15) is 10.6 Å². The van der Waals surface area contributed by atoms with Gasteiger partial charge >= 0.3 is 0 Å². The topological polar surface area (TPSA) is 92.3 Å². The molecular weight excluding hydrogens is 372 g/mol. The first kappa shape index (κ1) is 17.8. The molecule has 0 bridgehead atoms. The van der Waals surface area contributed by atoms with Crippen molar-refractivity contribution in [1.29, 1.82) is 0 Å².